The Hall–Kier alpha value is -2.86. The molecule has 0 radical (unpaired) electrons. The SMILES string of the molecule is Cc1ccc2c(c1)NC(=S)Cc1cnc(Nc3ccc(C)nc3C)nc1-2. The number of nitrogens with one attached hydrogen (secondary N) is 2. The summed E-state index contributed by atoms with van der Waals surface area (Å²) in [7, 11) is 0. The summed E-state index contributed by atoms with van der Waals surface area (Å²) >= 11 is 5.46. The molecule has 3 heterocycles. The summed E-state index contributed by atoms with van der Waals surface area (Å²) in [5.74, 6) is 0.553. The summed E-state index contributed by atoms with van der Waals surface area (Å²) in [6.07, 6.45) is 2.48. The minimum Gasteiger partial charge on any atom is -0.349 e. The van der Waals surface area contributed by atoms with Crippen molar-refractivity contribution in [2.24, 2.45) is 0 Å². The lowest BCUT2D eigenvalue weighted by atomic mass is 10.0. The Labute approximate surface area is 157 Å². The fourth-order valence-corrected chi connectivity index (χ4v) is 3.37. The molecule has 4 rings (SSSR count). The van der Waals surface area contributed by atoms with E-state index >= 15 is 0 Å². The predicted octanol–water partition coefficient (Wildman–Crippen LogP) is 4.50. The standard InChI is InChI=1S/C20H19N5S/c1-11-4-6-15-17(8-11)23-18(26)9-14-10-21-20(25-19(14)15)24-16-7-5-12(2)22-13(16)3/h4-8,10H,9H2,1-3H3,(H,23,26)(H,21,24,25). The Bertz CT molecular complexity index is 1030. The average molecular weight is 361 g/mol. The van der Waals surface area contributed by atoms with Crippen molar-refractivity contribution >= 4 is 34.5 Å². The summed E-state index contributed by atoms with van der Waals surface area (Å²) in [6.45, 7) is 6.01. The van der Waals surface area contributed by atoms with E-state index in [1.807, 2.05) is 32.2 Å². The molecule has 2 N–H and O–H groups in total. The van der Waals surface area contributed by atoms with Gasteiger partial charge in [-0.25, -0.2) is 9.97 Å². The topological polar surface area (TPSA) is 62.7 Å². The normalized spacial score (nSPS) is 12.7. The molecular formula is C20H19N5S. The van der Waals surface area contributed by atoms with Crippen LogP contribution in [0.1, 0.15) is 22.5 Å². The minimum atomic E-state index is 0.553. The van der Waals surface area contributed by atoms with Gasteiger partial charge in [-0.1, -0.05) is 24.4 Å². The number of hydrogen-bond acceptors (Lipinski definition) is 5. The highest BCUT2D eigenvalue weighted by Gasteiger charge is 2.19. The van der Waals surface area contributed by atoms with Crippen LogP contribution in [0.5, 0.6) is 0 Å². The number of hydrogen-bond donors (Lipinski definition) is 2. The maximum atomic E-state index is 5.46. The van der Waals surface area contributed by atoms with Crippen molar-refractivity contribution < 1.29 is 0 Å². The van der Waals surface area contributed by atoms with Crippen LogP contribution in [0.4, 0.5) is 17.3 Å². The molecule has 1 aromatic carbocycles. The van der Waals surface area contributed by atoms with E-state index in [-0.39, 0.29) is 0 Å². The zero-order valence-corrected chi connectivity index (χ0v) is 15.7. The lowest BCUT2D eigenvalue weighted by molar-refractivity contribution is 1.09. The van der Waals surface area contributed by atoms with Crippen molar-refractivity contribution in [3.8, 4) is 11.3 Å². The molecule has 0 atom stereocenters. The van der Waals surface area contributed by atoms with E-state index in [2.05, 4.69) is 45.7 Å². The summed E-state index contributed by atoms with van der Waals surface area (Å²) in [4.78, 5) is 14.5. The number of thiocarbonyl (C=S) groups is 1. The van der Waals surface area contributed by atoms with Gasteiger partial charge in [0, 0.05) is 35.1 Å². The van der Waals surface area contributed by atoms with Gasteiger partial charge in [-0.3, -0.25) is 4.98 Å². The largest absolute Gasteiger partial charge is 0.349 e. The summed E-state index contributed by atoms with van der Waals surface area (Å²) < 4.78 is 0. The first kappa shape index (κ1) is 16.6. The molecule has 26 heavy (non-hydrogen) atoms. The highest BCUT2D eigenvalue weighted by atomic mass is 32.1. The first-order valence-corrected chi connectivity index (χ1v) is 8.88. The molecule has 0 unspecified atom stereocenters. The molecule has 0 aliphatic carbocycles. The van der Waals surface area contributed by atoms with E-state index in [0.29, 0.717) is 12.4 Å². The van der Waals surface area contributed by atoms with Crippen LogP contribution < -0.4 is 10.6 Å². The predicted molar refractivity (Wildman–Crippen MR) is 109 cm³/mol. The van der Waals surface area contributed by atoms with Crippen LogP contribution in [-0.2, 0) is 6.42 Å². The molecule has 3 aromatic rings. The van der Waals surface area contributed by atoms with E-state index < -0.39 is 0 Å². The fourth-order valence-electron chi connectivity index (χ4n) is 3.10. The second kappa shape index (κ2) is 6.46. The number of anilines is 3. The monoisotopic (exact) mass is 361 g/mol. The van der Waals surface area contributed by atoms with Gasteiger partial charge in [0.25, 0.3) is 0 Å². The van der Waals surface area contributed by atoms with Crippen LogP contribution in [0.3, 0.4) is 0 Å². The first-order valence-electron chi connectivity index (χ1n) is 8.47. The van der Waals surface area contributed by atoms with E-state index in [9.17, 15) is 0 Å². The second-order valence-electron chi connectivity index (χ2n) is 6.55. The molecule has 0 amide bonds. The lowest BCUT2D eigenvalue weighted by Gasteiger charge is -2.12. The van der Waals surface area contributed by atoms with Crippen LogP contribution in [-0.4, -0.2) is 19.9 Å². The van der Waals surface area contributed by atoms with Crippen molar-refractivity contribution in [2.45, 2.75) is 27.2 Å². The van der Waals surface area contributed by atoms with Gasteiger partial charge >= 0.3 is 0 Å². The highest BCUT2D eigenvalue weighted by molar-refractivity contribution is 7.80. The third-order valence-corrected chi connectivity index (χ3v) is 4.64. The Balaban J connectivity index is 1.78. The molecule has 0 spiro atoms. The first-order chi connectivity index (χ1) is 12.5. The Morgan fingerprint density at radius 3 is 2.73 bits per heavy atom. The van der Waals surface area contributed by atoms with Crippen LogP contribution in [0.15, 0.2) is 36.5 Å². The Morgan fingerprint density at radius 2 is 1.92 bits per heavy atom. The molecule has 2 aromatic heterocycles. The average Bonchev–Trinajstić information content (AvgIpc) is 2.72. The molecule has 0 fully saturated rings. The highest BCUT2D eigenvalue weighted by Crippen LogP contribution is 2.34. The number of aromatic nitrogens is 3. The molecule has 0 bridgehead atoms. The molecule has 6 heteroatoms. The van der Waals surface area contributed by atoms with E-state index in [0.717, 1.165) is 44.6 Å². The summed E-state index contributed by atoms with van der Waals surface area (Å²) in [6, 6.07) is 10.2. The number of benzene rings is 1. The molecule has 0 saturated heterocycles. The lowest BCUT2D eigenvalue weighted by Crippen LogP contribution is -2.10. The van der Waals surface area contributed by atoms with E-state index in [4.69, 9.17) is 17.2 Å². The minimum absolute atomic E-state index is 0.553. The van der Waals surface area contributed by atoms with Gasteiger partial charge in [0.15, 0.2) is 0 Å². The van der Waals surface area contributed by atoms with Crippen LogP contribution in [0, 0.1) is 20.8 Å². The van der Waals surface area contributed by atoms with Gasteiger partial charge in [0.05, 0.1) is 22.1 Å². The molecular weight excluding hydrogens is 342 g/mol. The number of fused-ring (bicyclic) bond motifs is 3. The molecule has 1 aliphatic heterocycles. The number of aryl methyl sites for hydroxylation is 3. The maximum Gasteiger partial charge on any atom is 0.227 e. The van der Waals surface area contributed by atoms with Gasteiger partial charge < -0.3 is 10.6 Å². The quantitative estimate of drug-likeness (QED) is 0.655. The molecule has 130 valence electrons. The van der Waals surface area contributed by atoms with Gasteiger partial charge in [0.1, 0.15) is 0 Å². The summed E-state index contributed by atoms with van der Waals surface area (Å²) in [5.41, 5.74) is 7.94. The molecule has 5 nitrogen and oxygen atoms in total. The molecule has 1 aliphatic rings. The van der Waals surface area contributed by atoms with Gasteiger partial charge in [-0.15, -0.1) is 0 Å². The van der Waals surface area contributed by atoms with Crippen LogP contribution in [0.25, 0.3) is 11.3 Å². The Kier molecular flexibility index (Phi) is 4.12. The van der Waals surface area contributed by atoms with E-state index in [1.54, 1.807) is 0 Å². The zero-order valence-electron chi connectivity index (χ0n) is 14.9. The summed E-state index contributed by atoms with van der Waals surface area (Å²) in [5, 5.41) is 6.61. The van der Waals surface area contributed by atoms with Crippen molar-refractivity contribution in [3.63, 3.8) is 0 Å². The van der Waals surface area contributed by atoms with Crippen LogP contribution in [0.2, 0.25) is 0 Å². The van der Waals surface area contributed by atoms with E-state index in [1.165, 1.54) is 5.56 Å². The third-order valence-electron chi connectivity index (χ3n) is 4.39. The third kappa shape index (κ3) is 3.15. The number of rotatable bonds is 2. The molecule has 0 saturated carbocycles. The maximum absolute atomic E-state index is 5.46. The van der Waals surface area contributed by atoms with Gasteiger partial charge in [-0.2, -0.15) is 0 Å². The Morgan fingerprint density at radius 1 is 1.08 bits per heavy atom. The van der Waals surface area contributed by atoms with Crippen LogP contribution >= 0.6 is 12.2 Å². The zero-order chi connectivity index (χ0) is 18.3. The van der Waals surface area contributed by atoms with Crippen molar-refractivity contribution in [3.05, 3.63) is 59.0 Å². The van der Waals surface area contributed by atoms with Crippen molar-refractivity contribution in [1.82, 2.24) is 15.0 Å². The smallest absolute Gasteiger partial charge is 0.227 e. The van der Waals surface area contributed by atoms with Crippen molar-refractivity contribution in [1.29, 1.82) is 0 Å². The van der Waals surface area contributed by atoms with Gasteiger partial charge in [0.2, 0.25) is 5.95 Å². The van der Waals surface area contributed by atoms with Crippen molar-refractivity contribution in [2.75, 3.05) is 10.6 Å². The number of nitrogens with zero attached hydrogens (tertiary/aromatic N) is 3. The second-order valence-corrected chi connectivity index (χ2v) is 7.04. The fraction of sp³-hybridized carbons (Fsp3) is 0.200. The number of pyridine rings is 1. The van der Waals surface area contributed by atoms with Gasteiger partial charge in [-0.05, 0) is 44.5 Å².